The van der Waals surface area contributed by atoms with Gasteiger partial charge < -0.3 is 9.88 Å². The Balaban J connectivity index is 1.68. The van der Waals surface area contributed by atoms with Crippen molar-refractivity contribution in [3.63, 3.8) is 0 Å². The first-order valence-electron chi connectivity index (χ1n) is 8.98. The number of aryl methyl sites for hydroxylation is 2. The average molecular weight is 335 g/mol. The molecule has 1 aromatic heterocycles. The normalized spacial score (nSPS) is 11.0. The van der Waals surface area contributed by atoms with Crippen LogP contribution in [0.1, 0.15) is 41.5 Å². The monoisotopic (exact) mass is 335 g/mol. The number of para-hydroxylation sites is 2. The van der Waals surface area contributed by atoms with E-state index in [1.54, 1.807) is 0 Å². The zero-order valence-electron chi connectivity index (χ0n) is 15.0. The van der Waals surface area contributed by atoms with Crippen LogP contribution >= 0.6 is 0 Å². The van der Waals surface area contributed by atoms with Gasteiger partial charge in [0.2, 0.25) is 0 Å². The fourth-order valence-corrected chi connectivity index (χ4v) is 2.98. The predicted molar refractivity (Wildman–Crippen MR) is 102 cm³/mol. The fraction of sp³-hybridized carbons (Fsp3) is 0.333. The molecule has 0 atom stereocenters. The minimum absolute atomic E-state index is 0.0313. The zero-order chi connectivity index (χ0) is 17.6. The quantitative estimate of drug-likeness (QED) is 0.706. The van der Waals surface area contributed by atoms with Crippen LogP contribution in [0.2, 0.25) is 0 Å². The number of unbranched alkanes of at least 4 members (excludes halogenated alkanes) is 1. The van der Waals surface area contributed by atoms with Crippen LogP contribution in [0.25, 0.3) is 11.0 Å². The van der Waals surface area contributed by atoms with E-state index in [1.807, 2.05) is 43.3 Å². The molecule has 1 N–H and O–H groups in total. The summed E-state index contributed by atoms with van der Waals surface area (Å²) in [5.41, 5.74) is 4.06. The summed E-state index contributed by atoms with van der Waals surface area (Å²) in [4.78, 5) is 17.0. The van der Waals surface area contributed by atoms with Crippen LogP contribution < -0.4 is 5.32 Å². The lowest BCUT2D eigenvalue weighted by Crippen LogP contribution is -2.26. The Morgan fingerprint density at radius 1 is 1.12 bits per heavy atom. The second-order valence-electron chi connectivity index (χ2n) is 6.39. The van der Waals surface area contributed by atoms with Crippen molar-refractivity contribution in [2.24, 2.45) is 0 Å². The summed E-state index contributed by atoms with van der Waals surface area (Å²) in [6, 6.07) is 15.9. The Morgan fingerprint density at radius 3 is 2.64 bits per heavy atom. The number of aromatic nitrogens is 2. The Hall–Kier alpha value is -2.62. The van der Waals surface area contributed by atoms with Gasteiger partial charge in [-0.25, -0.2) is 4.98 Å². The van der Waals surface area contributed by atoms with Gasteiger partial charge in [-0.05, 0) is 37.6 Å². The molecular weight excluding hydrogens is 310 g/mol. The van der Waals surface area contributed by atoms with Crippen molar-refractivity contribution in [2.75, 3.05) is 6.54 Å². The van der Waals surface area contributed by atoms with E-state index in [1.165, 1.54) is 5.52 Å². The molecule has 4 heteroatoms. The van der Waals surface area contributed by atoms with Crippen LogP contribution in [0, 0.1) is 6.92 Å². The number of nitrogens with zero attached hydrogens (tertiary/aromatic N) is 2. The molecule has 25 heavy (non-hydrogen) atoms. The van der Waals surface area contributed by atoms with Gasteiger partial charge in [0.05, 0.1) is 11.0 Å². The van der Waals surface area contributed by atoms with Crippen molar-refractivity contribution in [1.82, 2.24) is 14.9 Å². The SMILES string of the molecule is CCCCn1c(CCNC(=O)c2ccc(C)cc2)nc2ccccc21. The number of nitrogens with one attached hydrogen (secondary N) is 1. The number of rotatable bonds is 7. The highest BCUT2D eigenvalue weighted by atomic mass is 16.1. The lowest BCUT2D eigenvalue weighted by atomic mass is 10.1. The maximum absolute atomic E-state index is 12.2. The molecule has 1 amide bonds. The van der Waals surface area contributed by atoms with Gasteiger partial charge >= 0.3 is 0 Å². The molecule has 3 aromatic rings. The number of amides is 1. The van der Waals surface area contributed by atoms with E-state index < -0.39 is 0 Å². The second kappa shape index (κ2) is 7.97. The van der Waals surface area contributed by atoms with Gasteiger partial charge in [-0.15, -0.1) is 0 Å². The highest BCUT2D eigenvalue weighted by molar-refractivity contribution is 5.94. The minimum Gasteiger partial charge on any atom is -0.352 e. The third-order valence-corrected chi connectivity index (χ3v) is 4.42. The lowest BCUT2D eigenvalue weighted by molar-refractivity contribution is 0.0954. The molecule has 2 aromatic carbocycles. The number of benzene rings is 2. The molecule has 130 valence electrons. The van der Waals surface area contributed by atoms with E-state index in [9.17, 15) is 4.79 Å². The molecule has 0 unspecified atom stereocenters. The molecule has 1 heterocycles. The molecule has 0 aliphatic carbocycles. The molecule has 0 aliphatic heterocycles. The van der Waals surface area contributed by atoms with Crippen LogP contribution in [-0.2, 0) is 13.0 Å². The first-order valence-corrected chi connectivity index (χ1v) is 8.98. The summed E-state index contributed by atoms with van der Waals surface area (Å²) in [7, 11) is 0. The molecule has 0 spiro atoms. The molecule has 0 saturated carbocycles. The maximum Gasteiger partial charge on any atom is 0.251 e. The van der Waals surface area contributed by atoms with Gasteiger partial charge in [-0.2, -0.15) is 0 Å². The first kappa shape index (κ1) is 17.2. The van der Waals surface area contributed by atoms with E-state index in [4.69, 9.17) is 4.98 Å². The molecule has 0 saturated heterocycles. The highest BCUT2D eigenvalue weighted by Crippen LogP contribution is 2.17. The number of carbonyl (C=O) groups is 1. The smallest absolute Gasteiger partial charge is 0.251 e. The molecule has 0 fully saturated rings. The van der Waals surface area contributed by atoms with Crippen molar-refractivity contribution in [1.29, 1.82) is 0 Å². The highest BCUT2D eigenvalue weighted by Gasteiger charge is 2.11. The number of hydrogen-bond donors (Lipinski definition) is 1. The van der Waals surface area contributed by atoms with Gasteiger partial charge in [-0.1, -0.05) is 43.2 Å². The predicted octanol–water partition coefficient (Wildman–Crippen LogP) is 4.12. The number of carbonyl (C=O) groups excluding carboxylic acids is 1. The maximum atomic E-state index is 12.2. The van der Waals surface area contributed by atoms with E-state index >= 15 is 0 Å². The molecule has 4 nitrogen and oxygen atoms in total. The standard InChI is InChI=1S/C21H25N3O/c1-3-4-15-24-19-8-6-5-7-18(19)23-20(24)13-14-22-21(25)17-11-9-16(2)10-12-17/h5-12H,3-4,13-15H2,1-2H3,(H,22,25). The Morgan fingerprint density at radius 2 is 1.88 bits per heavy atom. The summed E-state index contributed by atoms with van der Waals surface area (Å²) < 4.78 is 2.29. The number of fused-ring (bicyclic) bond motifs is 1. The van der Waals surface area contributed by atoms with Gasteiger partial charge in [0, 0.05) is 25.1 Å². The van der Waals surface area contributed by atoms with Crippen LogP contribution in [0.4, 0.5) is 0 Å². The van der Waals surface area contributed by atoms with Crippen molar-refractivity contribution in [3.05, 3.63) is 65.5 Å². The topological polar surface area (TPSA) is 46.9 Å². The van der Waals surface area contributed by atoms with E-state index in [2.05, 4.69) is 28.9 Å². The molecule has 0 radical (unpaired) electrons. The molecular formula is C21H25N3O. The number of imidazole rings is 1. The third kappa shape index (κ3) is 4.08. The summed E-state index contributed by atoms with van der Waals surface area (Å²) >= 11 is 0. The van der Waals surface area contributed by atoms with E-state index in [0.29, 0.717) is 12.1 Å². The van der Waals surface area contributed by atoms with Gasteiger partial charge in [0.15, 0.2) is 0 Å². The summed E-state index contributed by atoms with van der Waals surface area (Å²) in [6.07, 6.45) is 3.01. The Labute approximate surface area is 148 Å². The second-order valence-corrected chi connectivity index (χ2v) is 6.39. The van der Waals surface area contributed by atoms with Crippen molar-refractivity contribution >= 4 is 16.9 Å². The van der Waals surface area contributed by atoms with Crippen molar-refractivity contribution < 1.29 is 4.79 Å². The van der Waals surface area contributed by atoms with Crippen molar-refractivity contribution in [3.8, 4) is 0 Å². The fourth-order valence-electron chi connectivity index (χ4n) is 2.98. The van der Waals surface area contributed by atoms with E-state index in [0.717, 1.165) is 42.7 Å². The lowest BCUT2D eigenvalue weighted by Gasteiger charge is -2.09. The molecule has 0 aliphatic rings. The Kier molecular flexibility index (Phi) is 5.49. The van der Waals surface area contributed by atoms with Gasteiger partial charge in [0.1, 0.15) is 5.82 Å². The molecule has 3 rings (SSSR count). The number of hydrogen-bond acceptors (Lipinski definition) is 2. The van der Waals surface area contributed by atoms with Crippen LogP contribution in [-0.4, -0.2) is 22.0 Å². The minimum atomic E-state index is -0.0313. The van der Waals surface area contributed by atoms with Gasteiger partial charge in [0.25, 0.3) is 5.91 Å². The van der Waals surface area contributed by atoms with Crippen molar-refractivity contribution in [2.45, 2.75) is 39.7 Å². The molecule has 0 bridgehead atoms. The zero-order valence-corrected chi connectivity index (χ0v) is 15.0. The summed E-state index contributed by atoms with van der Waals surface area (Å²) in [5, 5.41) is 3.00. The van der Waals surface area contributed by atoms with Crippen LogP contribution in [0.3, 0.4) is 0 Å². The van der Waals surface area contributed by atoms with Gasteiger partial charge in [-0.3, -0.25) is 4.79 Å². The Bertz CT molecular complexity index is 849. The van der Waals surface area contributed by atoms with Crippen LogP contribution in [0.5, 0.6) is 0 Å². The first-order chi connectivity index (χ1) is 12.2. The largest absolute Gasteiger partial charge is 0.352 e. The average Bonchev–Trinajstić information content (AvgIpc) is 2.98. The summed E-state index contributed by atoms with van der Waals surface area (Å²) in [5.74, 6) is 1.01. The van der Waals surface area contributed by atoms with Crippen LogP contribution in [0.15, 0.2) is 48.5 Å². The van der Waals surface area contributed by atoms with E-state index in [-0.39, 0.29) is 5.91 Å². The summed E-state index contributed by atoms with van der Waals surface area (Å²) in [6.45, 7) is 5.77. The third-order valence-electron chi connectivity index (χ3n) is 4.42.